The molecule has 27 heavy (non-hydrogen) atoms. The van der Waals surface area contributed by atoms with Crippen LogP contribution in [0.15, 0.2) is 34.9 Å². The number of aryl methyl sites for hydroxylation is 2. The fourth-order valence-electron chi connectivity index (χ4n) is 3.86. The summed E-state index contributed by atoms with van der Waals surface area (Å²) in [7, 11) is 1.66. The standard InChI is InChI=1S/C21H23N3O3/c1-4-15-12-17(19-13(2)23-27-20(19)22-15)21(25)24-10-6-9-18(24)14-7-5-8-16(11-14)26-3/h5,7-8,11-12,18H,4,6,9-10H2,1-3H3/t18-/m1/s1. The molecule has 2 aromatic heterocycles. The first-order valence-electron chi connectivity index (χ1n) is 9.33. The van der Waals surface area contributed by atoms with Crippen LogP contribution in [0.1, 0.15) is 53.1 Å². The van der Waals surface area contributed by atoms with E-state index in [0.29, 0.717) is 22.4 Å². The highest BCUT2D eigenvalue weighted by Crippen LogP contribution is 2.35. The molecule has 1 aliphatic rings. The van der Waals surface area contributed by atoms with Gasteiger partial charge in [0.1, 0.15) is 5.75 Å². The second-order valence-corrected chi connectivity index (χ2v) is 6.90. The number of likely N-dealkylation sites (tertiary alicyclic amines) is 1. The lowest BCUT2D eigenvalue weighted by Gasteiger charge is -2.26. The van der Waals surface area contributed by atoms with E-state index < -0.39 is 0 Å². The molecule has 1 aromatic carbocycles. The fraction of sp³-hybridized carbons (Fsp3) is 0.381. The molecule has 0 bridgehead atoms. The van der Waals surface area contributed by atoms with Crippen molar-refractivity contribution in [1.82, 2.24) is 15.0 Å². The molecule has 6 nitrogen and oxygen atoms in total. The number of amides is 1. The summed E-state index contributed by atoms with van der Waals surface area (Å²) in [6.07, 6.45) is 2.65. The number of methoxy groups -OCH3 is 1. The predicted octanol–water partition coefficient (Wildman–Crippen LogP) is 4.08. The minimum Gasteiger partial charge on any atom is -0.497 e. The van der Waals surface area contributed by atoms with Gasteiger partial charge in [-0.15, -0.1) is 0 Å². The van der Waals surface area contributed by atoms with E-state index >= 15 is 0 Å². The van der Waals surface area contributed by atoms with Gasteiger partial charge in [0.2, 0.25) is 0 Å². The van der Waals surface area contributed by atoms with Crippen molar-refractivity contribution in [2.75, 3.05) is 13.7 Å². The summed E-state index contributed by atoms with van der Waals surface area (Å²) in [6, 6.07) is 9.89. The van der Waals surface area contributed by atoms with Gasteiger partial charge in [0.05, 0.1) is 29.8 Å². The number of ether oxygens (including phenoxy) is 1. The lowest BCUT2D eigenvalue weighted by Crippen LogP contribution is -2.31. The number of rotatable bonds is 4. The Morgan fingerprint density at radius 2 is 2.22 bits per heavy atom. The average Bonchev–Trinajstić information content (AvgIpc) is 3.34. The van der Waals surface area contributed by atoms with Gasteiger partial charge < -0.3 is 14.2 Å². The van der Waals surface area contributed by atoms with Crippen molar-refractivity contribution in [3.63, 3.8) is 0 Å². The molecule has 0 spiro atoms. The van der Waals surface area contributed by atoms with Crippen LogP contribution in [0, 0.1) is 6.92 Å². The average molecular weight is 365 g/mol. The largest absolute Gasteiger partial charge is 0.497 e. The smallest absolute Gasteiger partial charge is 0.258 e. The van der Waals surface area contributed by atoms with E-state index in [1.165, 1.54) is 0 Å². The van der Waals surface area contributed by atoms with Gasteiger partial charge in [-0.1, -0.05) is 24.2 Å². The Bertz CT molecular complexity index is 996. The van der Waals surface area contributed by atoms with E-state index in [4.69, 9.17) is 9.26 Å². The highest BCUT2D eigenvalue weighted by atomic mass is 16.5. The number of hydrogen-bond donors (Lipinski definition) is 0. The number of fused-ring (bicyclic) bond motifs is 1. The molecule has 4 rings (SSSR count). The van der Waals surface area contributed by atoms with Gasteiger partial charge in [0.25, 0.3) is 11.6 Å². The Kier molecular flexibility index (Phi) is 4.56. The Morgan fingerprint density at radius 1 is 1.37 bits per heavy atom. The molecule has 1 atom stereocenters. The molecule has 6 heteroatoms. The van der Waals surface area contributed by atoms with Crippen molar-refractivity contribution in [2.24, 2.45) is 0 Å². The highest BCUT2D eigenvalue weighted by molar-refractivity contribution is 6.06. The third kappa shape index (κ3) is 3.05. The molecule has 0 aliphatic carbocycles. The highest BCUT2D eigenvalue weighted by Gasteiger charge is 2.32. The van der Waals surface area contributed by atoms with Gasteiger partial charge in [-0.25, -0.2) is 4.98 Å². The van der Waals surface area contributed by atoms with Gasteiger partial charge >= 0.3 is 0 Å². The van der Waals surface area contributed by atoms with Crippen molar-refractivity contribution in [1.29, 1.82) is 0 Å². The van der Waals surface area contributed by atoms with Crippen LogP contribution in [0.25, 0.3) is 11.1 Å². The maximum Gasteiger partial charge on any atom is 0.258 e. The van der Waals surface area contributed by atoms with Crippen molar-refractivity contribution in [3.8, 4) is 5.75 Å². The number of hydrogen-bond acceptors (Lipinski definition) is 5. The van der Waals surface area contributed by atoms with E-state index in [-0.39, 0.29) is 11.9 Å². The van der Waals surface area contributed by atoms with Crippen molar-refractivity contribution >= 4 is 17.0 Å². The molecule has 0 saturated carbocycles. The van der Waals surface area contributed by atoms with E-state index in [1.807, 2.05) is 43.0 Å². The Morgan fingerprint density at radius 3 is 3.00 bits per heavy atom. The summed E-state index contributed by atoms with van der Waals surface area (Å²) >= 11 is 0. The zero-order valence-electron chi connectivity index (χ0n) is 15.9. The Hall–Kier alpha value is -2.89. The number of pyridine rings is 1. The van der Waals surface area contributed by atoms with Crippen LogP contribution < -0.4 is 4.74 Å². The second-order valence-electron chi connectivity index (χ2n) is 6.90. The van der Waals surface area contributed by atoms with E-state index in [1.54, 1.807) is 7.11 Å². The lowest BCUT2D eigenvalue weighted by molar-refractivity contribution is 0.0737. The van der Waals surface area contributed by atoms with Crippen LogP contribution in [0.4, 0.5) is 0 Å². The maximum absolute atomic E-state index is 13.5. The van der Waals surface area contributed by atoms with Crippen LogP contribution in [0.2, 0.25) is 0 Å². The second kappa shape index (κ2) is 7.02. The third-order valence-electron chi connectivity index (χ3n) is 5.26. The minimum absolute atomic E-state index is 0.00807. The molecule has 0 radical (unpaired) electrons. The first-order chi connectivity index (χ1) is 13.1. The summed E-state index contributed by atoms with van der Waals surface area (Å²) in [6.45, 7) is 4.59. The van der Waals surface area contributed by atoms with Crippen LogP contribution in [-0.4, -0.2) is 34.6 Å². The molecule has 1 aliphatic heterocycles. The quantitative estimate of drug-likeness (QED) is 0.697. The normalized spacial score (nSPS) is 16.9. The molecular weight excluding hydrogens is 342 g/mol. The van der Waals surface area contributed by atoms with Gasteiger partial charge in [-0.2, -0.15) is 0 Å². The summed E-state index contributed by atoms with van der Waals surface area (Å²) in [4.78, 5) is 19.9. The maximum atomic E-state index is 13.5. The number of carbonyl (C=O) groups is 1. The molecule has 140 valence electrons. The van der Waals surface area contributed by atoms with E-state index in [2.05, 4.69) is 16.2 Å². The third-order valence-corrected chi connectivity index (χ3v) is 5.26. The molecule has 3 aromatic rings. The lowest BCUT2D eigenvalue weighted by atomic mass is 10.0. The van der Waals surface area contributed by atoms with Crippen molar-refractivity contribution in [3.05, 3.63) is 52.8 Å². The predicted molar refractivity (Wildman–Crippen MR) is 102 cm³/mol. The molecule has 3 heterocycles. The van der Waals surface area contributed by atoms with Crippen LogP contribution in [-0.2, 0) is 6.42 Å². The molecular formula is C21H23N3O3. The van der Waals surface area contributed by atoms with Gasteiger partial charge in [0.15, 0.2) is 0 Å². The molecule has 1 amide bonds. The number of carbonyl (C=O) groups excluding carboxylic acids is 1. The minimum atomic E-state index is 0.00807. The van der Waals surface area contributed by atoms with Crippen molar-refractivity contribution < 1.29 is 14.1 Å². The molecule has 0 N–H and O–H groups in total. The Labute approximate surface area is 158 Å². The Balaban J connectivity index is 1.75. The van der Waals surface area contributed by atoms with Crippen LogP contribution in [0.3, 0.4) is 0 Å². The summed E-state index contributed by atoms with van der Waals surface area (Å²) < 4.78 is 10.7. The van der Waals surface area contributed by atoms with Gasteiger partial charge in [-0.05, 0) is 49.9 Å². The summed E-state index contributed by atoms with van der Waals surface area (Å²) in [5.41, 5.74) is 3.70. The summed E-state index contributed by atoms with van der Waals surface area (Å²) in [5.74, 6) is 0.815. The van der Waals surface area contributed by atoms with E-state index in [0.717, 1.165) is 42.8 Å². The number of aromatic nitrogens is 2. The van der Waals surface area contributed by atoms with Crippen molar-refractivity contribution in [2.45, 2.75) is 39.2 Å². The van der Waals surface area contributed by atoms with Gasteiger partial charge in [0, 0.05) is 12.2 Å². The molecule has 1 saturated heterocycles. The van der Waals surface area contributed by atoms with Crippen LogP contribution in [0.5, 0.6) is 5.75 Å². The summed E-state index contributed by atoms with van der Waals surface area (Å²) in [5, 5.41) is 4.73. The zero-order chi connectivity index (χ0) is 19.0. The first-order valence-corrected chi connectivity index (χ1v) is 9.33. The van der Waals surface area contributed by atoms with E-state index in [9.17, 15) is 4.79 Å². The fourth-order valence-corrected chi connectivity index (χ4v) is 3.86. The van der Waals surface area contributed by atoms with Gasteiger partial charge in [-0.3, -0.25) is 4.79 Å². The first kappa shape index (κ1) is 17.5. The number of benzene rings is 1. The SMILES string of the molecule is CCc1cc(C(=O)N2CCC[C@@H]2c2cccc(OC)c2)c2c(C)noc2n1. The molecule has 1 fully saturated rings. The zero-order valence-corrected chi connectivity index (χ0v) is 15.9. The molecule has 0 unspecified atom stereocenters. The number of nitrogens with zero attached hydrogens (tertiary/aromatic N) is 3. The monoisotopic (exact) mass is 365 g/mol. The topological polar surface area (TPSA) is 68.5 Å². The van der Waals surface area contributed by atoms with Crippen LogP contribution >= 0.6 is 0 Å².